The molecule has 0 bridgehead atoms. The van der Waals surface area contributed by atoms with Gasteiger partial charge in [-0.25, -0.2) is 18.3 Å². The number of hydrogen-bond donors (Lipinski definition) is 2. The molecule has 0 radical (unpaired) electrons. The molecule has 3 aliphatic rings. The van der Waals surface area contributed by atoms with Crippen LogP contribution in [0.15, 0.2) is 24.5 Å². The van der Waals surface area contributed by atoms with Crippen LogP contribution in [0.1, 0.15) is 38.2 Å². The van der Waals surface area contributed by atoms with Crippen LogP contribution < -0.4 is 10.5 Å². The Kier molecular flexibility index (Phi) is 6.99. The predicted octanol–water partition coefficient (Wildman–Crippen LogP) is 2.74. The summed E-state index contributed by atoms with van der Waals surface area (Å²) in [6, 6.07) is 2.90. The predicted molar refractivity (Wildman–Crippen MR) is 129 cm³/mol. The number of phosphoric acid groups is 1. The molecule has 7 atom stereocenters. The molecule has 3 fully saturated rings. The lowest BCUT2D eigenvalue weighted by Gasteiger charge is -2.30. The van der Waals surface area contributed by atoms with Gasteiger partial charge in [-0.2, -0.15) is 9.97 Å². The summed E-state index contributed by atoms with van der Waals surface area (Å²) in [5.41, 5.74) is 5.09. The molecule has 1 unspecified atom stereocenters. The van der Waals surface area contributed by atoms with Gasteiger partial charge in [-0.05, 0) is 32.0 Å². The van der Waals surface area contributed by atoms with E-state index in [-0.39, 0.29) is 36.1 Å². The van der Waals surface area contributed by atoms with Crippen molar-refractivity contribution in [3.63, 3.8) is 0 Å². The number of halogens is 2. The van der Waals surface area contributed by atoms with Crippen LogP contribution in [-0.4, -0.2) is 68.7 Å². The van der Waals surface area contributed by atoms with Gasteiger partial charge in [0.15, 0.2) is 17.4 Å². The lowest BCUT2D eigenvalue weighted by atomic mass is 9.96. The van der Waals surface area contributed by atoms with Crippen molar-refractivity contribution in [2.75, 3.05) is 25.6 Å². The van der Waals surface area contributed by atoms with E-state index in [0.29, 0.717) is 12.1 Å². The molecule has 216 valence electrons. The quantitative estimate of drug-likeness (QED) is 0.388. The van der Waals surface area contributed by atoms with Crippen LogP contribution in [0.25, 0.3) is 11.2 Å². The normalized spacial score (nSPS) is 33.9. The van der Waals surface area contributed by atoms with E-state index >= 15 is 0 Å². The molecule has 1 aromatic carbocycles. The summed E-state index contributed by atoms with van der Waals surface area (Å²) in [6.07, 6.45) is -2.35. The van der Waals surface area contributed by atoms with Gasteiger partial charge >= 0.3 is 7.82 Å². The number of aliphatic hydroxyl groups is 1. The molecule has 0 spiro atoms. The summed E-state index contributed by atoms with van der Waals surface area (Å²) in [4.78, 5) is 12.7. The number of nitrogens with zero attached hydrogens (tertiary/aromatic N) is 4. The third kappa shape index (κ3) is 4.73. The Morgan fingerprint density at radius 3 is 2.92 bits per heavy atom. The Morgan fingerprint density at radius 1 is 1.30 bits per heavy atom. The first kappa shape index (κ1) is 27.4. The highest BCUT2D eigenvalue weighted by atomic mass is 31.2. The van der Waals surface area contributed by atoms with Gasteiger partial charge in [-0.3, -0.25) is 18.1 Å². The van der Waals surface area contributed by atoms with Gasteiger partial charge < -0.3 is 29.8 Å². The van der Waals surface area contributed by atoms with E-state index in [0.717, 1.165) is 18.2 Å². The highest BCUT2D eigenvalue weighted by Crippen LogP contribution is 2.58. The largest absolute Gasteiger partial charge is 0.476 e. The number of nitrogens with two attached hydrogens (primary N) is 1. The summed E-state index contributed by atoms with van der Waals surface area (Å²) < 4.78 is 82.2. The van der Waals surface area contributed by atoms with E-state index in [4.69, 9.17) is 38.3 Å². The molecule has 3 aromatic rings. The van der Waals surface area contributed by atoms with Crippen LogP contribution in [0.4, 0.5) is 14.7 Å². The van der Waals surface area contributed by atoms with Crippen molar-refractivity contribution < 1.29 is 51.0 Å². The van der Waals surface area contributed by atoms with Gasteiger partial charge in [0.25, 0.3) is 6.48 Å². The number of fused-ring (bicyclic) bond motifs is 2. The minimum atomic E-state index is -4.24. The Bertz CT molecular complexity index is 1480. The summed E-state index contributed by atoms with van der Waals surface area (Å²) >= 11 is 0. The van der Waals surface area contributed by atoms with Gasteiger partial charge in [0.1, 0.15) is 29.4 Å². The molecule has 0 aliphatic carbocycles. The summed E-state index contributed by atoms with van der Waals surface area (Å²) in [5.74, 6) is -1.26. The second-order valence-corrected chi connectivity index (χ2v) is 11.1. The fraction of sp³-hybridized carbons (Fsp3) is 0.522. The van der Waals surface area contributed by atoms with Crippen molar-refractivity contribution >= 4 is 24.9 Å². The zero-order valence-electron chi connectivity index (χ0n) is 21.3. The number of aliphatic hydroxyl groups excluding tert-OH is 1. The molecular weight excluding hydrogens is 559 g/mol. The van der Waals surface area contributed by atoms with E-state index in [1.165, 1.54) is 10.9 Å². The molecule has 17 heteroatoms. The average molecular weight is 585 g/mol. The number of nitrogen functional groups attached to an aromatic ring is 1. The third-order valence-corrected chi connectivity index (χ3v) is 8.32. The summed E-state index contributed by atoms with van der Waals surface area (Å²) in [6.45, 7) is 1.68. The Hall–Kier alpha value is -2.82. The van der Waals surface area contributed by atoms with Gasteiger partial charge in [-0.1, -0.05) is 0 Å². The van der Waals surface area contributed by atoms with Crippen molar-refractivity contribution in [2.45, 2.75) is 56.9 Å². The van der Waals surface area contributed by atoms with Gasteiger partial charge in [0.05, 0.1) is 32.3 Å². The molecule has 0 amide bonds. The monoisotopic (exact) mass is 585 g/mol. The second-order valence-electron chi connectivity index (χ2n) is 9.46. The number of rotatable bonds is 7. The highest BCUT2D eigenvalue weighted by molar-refractivity contribution is 7.48. The minimum Gasteiger partial charge on any atom is -0.476 e. The maximum Gasteiger partial charge on any atom is 0.475 e. The smallest absolute Gasteiger partial charge is 0.475 e. The first-order valence-electron chi connectivity index (χ1n) is 12.4. The number of ether oxygens (including phenoxy) is 4. The van der Waals surface area contributed by atoms with Crippen molar-refractivity contribution in [1.82, 2.24) is 19.5 Å². The average Bonchev–Trinajstić information content (AvgIpc) is 3.53. The van der Waals surface area contributed by atoms with Crippen molar-refractivity contribution in [1.29, 1.82) is 0 Å². The van der Waals surface area contributed by atoms with Crippen molar-refractivity contribution in [2.24, 2.45) is 0 Å². The standard InChI is InChI=1S/C23H26F2N5O9P/c1-3-33-19-16-18(28-21(26)29-19)30(10-27-16)20-23(2)17(37-22(31)38-23)15(36-20)9-35-40(32)34-7-6-14(39-40)12-8-11(24)4-5-13(12)25/h4-5,8,10,14-15,17,20,22,31H,3,6-7,9H2,1-2H3,(H2,26,28,29)/t14-,15+,17+,20+,22?,23+,40+/m0/s1. The zero-order valence-corrected chi connectivity index (χ0v) is 22.2. The SMILES string of the molecule is CCOc1nc(N)nc2c1ncn2[C@@H]1O[C@H](CO[P@@]2(=O)OCC[C@@H](c3cc(F)ccc3F)O2)[C@H]2OC(O)O[C@]21C. The molecule has 3 aliphatic heterocycles. The molecule has 3 N–H and O–H groups in total. The Labute approximate surface area is 225 Å². The molecule has 5 heterocycles. The number of hydrogen-bond acceptors (Lipinski definition) is 13. The summed E-state index contributed by atoms with van der Waals surface area (Å²) in [5, 5.41) is 10.2. The molecule has 0 saturated carbocycles. The number of anilines is 1. The minimum absolute atomic E-state index is 0.0603. The lowest BCUT2D eigenvalue weighted by molar-refractivity contribution is -0.256. The number of phosphoric ester groups is 1. The maximum atomic E-state index is 14.3. The number of aromatic nitrogens is 4. The van der Waals surface area contributed by atoms with E-state index in [1.807, 2.05) is 0 Å². The maximum absolute atomic E-state index is 14.3. The van der Waals surface area contributed by atoms with Crippen LogP contribution in [0.5, 0.6) is 5.88 Å². The molecule has 40 heavy (non-hydrogen) atoms. The zero-order chi connectivity index (χ0) is 28.2. The van der Waals surface area contributed by atoms with E-state index in [9.17, 15) is 18.5 Å². The molecule has 14 nitrogen and oxygen atoms in total. The van der Waals surface area contributed by atoms with Gasteiger partial charge in [-0.15, -0.1) is 0 Å². The van der Waals surface area contributed by atoms with E-state index in [1.54, 1.807) is 13.8 Å². The van der Waals surface area contributed by atoms with Crippen LogP contribution >= 0.6 is 7.82 Å². The first-order chi connectivity index (χ1) is 19.1. The molecule has 3 saturated heterocycles. The Morgan fingerprint density at radius 2 is 2.12 bits per heavy atom. The van der Waals surface area contributed by atoms with Crippen LogP contribution in [0.2, 0.25) is 0 Å². The van der Waals surface area contributed by atoms with Gasteiger partial charge in [0.2, 0.25) is 11.8 Å². The molecular formula is C23H26F2N5O9P. The fourth-order valence-corrected chi connectivity index (χ4v) is 6.49. The van der Waals surface area contributed by atoms with E-state index in [2.05, 4.69) is 15.0 Å². The van der Waals surface area contributed by atoms with Crippen LogP contribution in [0, 0.1) is 11.6 Å². The highest BCUT2D eigenvalue weighted by Gasteiger charge is 2.63. The van der Waals surface area contributed by atoms with Gasteiger partial charge in [0, 0.05) is 12.0 Å². The van der Waals surface area contributed by atoms with Crippen LogP contribution in [0.3, 0.4) is 0 Å². The van der Waals surface area contributed by atoms with E-state index < -0.39 is 62.7 Å². The van der Waals surface area contributed by atoms with Crippen LogP contribution in [-0.2, 0) is 32.3 Å². The second kappa shape index (κ2) is 10.2. The first-order valence-corrected chi connectivity index (χ1v) is 13.9. The fourth-order valence-electron chi connectivity index (χ4n) is 5.10. The van der Waals surface area contributed by atoms with Crippen molar-refractivity contribution in [3.05, 3.63) is 41.7 Å². The topological polar surface area (TPSA) is 172 Å². The Balaban J connectivity index is 1.24. The third-order valence-electron chi connectivity index (χ3n) is 6.84. The number of benzene rings is 1. The summed E-state index contributed by atoms with van der Waals surface area (Å²) in [7, 11) is -4.24. The number of imidazole rings is 1. The molecule has 2 aromatic heterocycles. The lowest BCUT2D eigenvalue weighted by Crippen LogP contribution is -2.42. The molecule has 6 rings (SSSR count). The van der Waals surface area contributed by atoms with Crippen molar-refractivity contribution in [3.8, 4) is 5.88 Å².